The Balaban J connectivity index is 1.49. The SMILES string of the molecule is C=C/C=N\N(C=C)C(C)(C)CC(C)(C)C(=O)[C@H]1CCC2C3CC[C@@H]4C[C@](C)(O)CCC4C3CC[C@@]21C. The van der Waals surface area contributed by atoms with Crippen molar-refractivity contribution in [3.05, 3.63) is 25.4 Å². The first kappa shape index (κ1) is 27.6. The lowest BCUT2D eigenvalue weighted by atomic mass is 9.48. The van der Waals surface area contributed by atoms with Crippen molar-refractivity contribution in [2.45, 2.75) is 117 Å². The highest BCUT2D eigenvalue weighted by molar-refractivity contribution is 5.87. The van der Waals surface area contributed by atoms with E-state index in [9.17, 15) is 9.90 Å². The zero-order chi connectivity index (χ0) is 26.5. The molecule has 0 heterocycles. The summed E-state index contributed by atoms with van der Waals surface area (Å²) in [5, 5.41) is 17.0. The Kier molecular flexibility index (Phi) is 7.45. The van der Waals surface area contributed by atoms with Crippen LogP contribution >= 0.6 is 0 Å². The fourth-order valence-electron chi connectivity index (χ4n) is 9.80. The third-order valence-electron chi connectivity index (χ3n) is 11.2. The number of allylic oxidation sites excluding steroid dienone is 1. The number of hydrogen-bond acceptors (Lipinski definition) is 4. The summed E-state index contributed by atoms with van der Waals surface area (Å²) in [4.78, 5) is 14.3. The molecule has 8 atom stereocenters. The van der Waals surface area contributed by atoms with E-state index in [0.717, 1.165) is 43.4 Å². The Morgan fingerprint density at radius 2 is 1.69 bits per heavy atom. The Morgan fingerprint density at radius 1 is 1.00 bits per heavy atom. The smallest absolute Gasteiger partial charge is 0.142 e. The van der Waals surface area contributed by atoms with Crippen LogP contribution < -0.4 is 0 Å². The molecule has 0 radical (unpaired) electrons. The van der Waals surface area contributed by atoms with E-state index in [1.165, 1.54) is 38.5 Å². The van der Waals surface area contributed by atoms with Crippen LogP contribution in [0.3, 0.4) is 0 Å². The number of Topliss-reactive ketones (excluding diaryl/α,β-unsaturated/α-hetero) is 1. The Hall–Kier alpha value is -1.42. The fraction of sp³-hybridized carbons (Fsp3) is 0.812. The van der Waals surface area contributed by atoms with Crippen molar-refractivity contribution >= 4 is 12.0 Å². The molecule has 0 spiro atoms. The Morgan fingerprint density at radius 3 is 2.36 bits per heavy atom. The highest BCUT2D eigenvalue weighted by atomic mass is 16.3. The van der Waals surface area contributed by atoms with Crippen molar-refractivity contribution in [1.29, 1.82) is 0 Å². The summed E-state index contributed by atoms with van der Waals surface area (Å²) in [5.41, 5.74) is -1.08. The number of hydrogen-bond donors (Lipinski definition) is 1. The molecule has 4 rings (SSSR count). The van der Waals surface area contributed by atoms with Gasteiger partial charge in [0.25, 0.3) is 0 Å². The Labute approximate surface area is 220 Å². The van der Waals surface area contributed by atoms with Crippen LogP contribution in [-0.4, -0.2) is 33.3 Å². The summed E-state index contributed by atoms with van der Waals surface area (Å²) < 4.78 is 0. The van der Waals surface area contributed by atoms with Gasteiger partial charge in [-0.25, -0.2) is 0 Å². The van der Waals surface area contributed by atoms with Crippen molar-refractivity contribution in [3.63, 3.8) is 0 Å². The lowest BCUT2D eigenvalue weighted by molar-refractivity contribution is -0.142. The van der Waals surface area contributed by atoms with Crippen molar-refractivity contribution in [2.75, 3.05) is 0 Å². The van der Waals surface area contributed by atoms with Crippen molar-refractivity contribution in [1.82, 2.24) is 5.01 Å². The summed E-state index contributed by atoms with van der Waals surface area (Å²) in [6.45, 7) is 20.8. The molecular formula is C32H52N2O2. The minimum Gasteiger partial charge on any atom is -0.390 e. The van der Waals surface area contributed by atoms with E-state index in [1.807, 2.05) is 11.9 Å². The van der Waals surface area contributed by atoms with E-state index in [0.29, 0.717) is 17.6 Å². The Bertz CT molecular complexity index is 887. The molecule has 1 N–H and O–H groups in total. The second kappa shape index (κ2) is 9.71. The van der Waals surface area contributed by atoms with E-state index in [4.69, 9.17) is 0 Å². The minimum absolute atomic E-state index is 0.131. The molecule has 0 amide bonds. The number of nitrogens with zero attached hydrogens (tertiary/aromatic N) is 2. The summed E-state index contributed by atoms with van der Waals surface area (Å²) >= 11 is 0. The van der Waals surface area contributed by atoms with Gasteiger partial charge in [-0.15, -0.1) is 0 Å². The number of fused-ring (bicyclic) bond motifs is 5. The van der Waals surface area contributed by atoms with Gasteiger partial charge in [0.05, 0.1) is 11.1 Å². The van der Waals surface area contributed by atoms with Crippen LogP contribution in [0.1, 0.15) is 106 Å². The average Bonchev–Trinajstić information content (AvgIpc) is 3.14. The largest absolute Gasteiger partial charge is 0.390 e. The third-order valence-corrected chi connectivity index (χ3v) is 11.2. The van der Waals surface area contributed by atoms with Crippen LogP contribution in [0.5, 0.6) is 0 Å². The first-order valence-corrected chi connectivity index (χ1v) is 14.6. The number of hydrazone groups is 1. The van der Waals surface area contributed by atoms with Crippen LogP contribution in [0.15, 0.2) is 30.5 Å². The molecule has 202 valence electrons. The summed E-state index contributed by atoms with van der Waals surface area (Å²) in [6.07, 6.45) is 16.3. The van der Waals surface area contributed by atoms with Gasteiger partial charge in [-0.1, -0.05) is 33.9 Å². The van der Waals surface area contributed by atoms with Gasteiger partial charge in [0, 0.05) is 23.7 Å². The molecule has 36 heavy (non-hydrogen) atoms. The second-order valence-corrected chi connectivity index (χ2v) is 14.6. The molecule has 4 fully saturated rings. The maximum Gasteiger partial charge on any atom is 0.142 e. The summed E-state index contributed by atoms with van der Waals surface area (Å²) in [5.74, 6) is 4.38. The zero-order valence-electron chi connectivity index (χ0n) is 23.9. The second-order valence-electron chi connectivity index (χ2n) is 14.6. The van der Waals surface area contributed by atoms with Crippen LogP contribution in [0.4, 0.5) is 0 Å². The molecule has 4 unspecified atom stereocenters. The van der Waals surface area contributed by atoms with Crippen LogP contribution in [-0.2, 0) is 4.79 Å². The van der Waals surface area contributed by atoms with Crippen LogP contribution in [0, 0.1) is 46.3 Å². The van der Waals surface area contributed by atoms with E-state index in [2.05, 4.69) is 52.9 Å². The van der Waals surface area contributed by atoms with E-state index in [-0.39, 0.29) is 16.9 Å². The van der Waals surface area contributed by atoms with Gasteiger partial charge in [0.1, 0.15) is 5.78 Å². The van der Waals surface area contributed by atoms with Gasteiger partial charge in [-0.2, -0.15) is 5.10 Å². The maximum absolute atomic E-state index is 14.3. The number of rotatable bonds is 8. The van der Waals surface area contributed by atoms with Crippen molar-refractivity contribution < 1.29 is 9.90 Å². The molecule has 4 heteroatoms. The molecule has 4 saturated carbocycles. The lowest BCUT2D eigenvalue weighted by Crippen LogP contribution is -2.52. The molecule has 0 aromatic carbocycles. The zero-order valence-corrected chi connectivity index (χ0v) is 23.9. The predicted octanol–water partition coefficient (Wildman–Crippen LogP) is 7.39. The molecule has 4 aliphatic rings. The topological polar surface area (TPSA) is 52.9 Å². The van der Waals surface area contributed by atoms with Gasteiger partial charge in [0.2, 0.25) is 0 Å². The molecule has 4 aliphatic carbocycles. The quantitative estimate of drug-likeness (QED) is 0.281. The number of carbonyl (C=O) groups is 1. The normalized spacial score (nSPS) is 40.8. The monoisotopic (exact) mass is 496 g/mol. The number of carbonyl (C=O) groups excluding carboxylic acids is 1. The molecule has 0 aromatic rings. The van der Waals surface area contributed by atoms with Gasteiger partial charge in [-0.05, 0) is 126 Å². The molecule has 4 nitrogen and oxygen atoms in total. The van der Waals surface area contributed by atoms with E-state index < -0.39 is 11.0 Å². The van der Waals surface area contributed by atoms with E-state index >= 15 is 0 Å². The van der Waals surface area contributed by atoms with Crippen molar-refractivity contribution in [3.8, 4) is 0 Å². The van der Waals surface area contributed by atoms with Crippen LogP contribution in [0.2, 0.25) is 0 Å². The maximum atomic E-state index is 14.3. The average molecular weight is 497 g/mol. The van der Waals surface area contributed by atoms with E-state index in [1.54, 1.807) is 18.5 Å². The number of ketones is 1. The molecule has 0 saturated heterocycles. The fourth-order valence-corrected chi connectivity index (χ4v) is 9.80. The molecule has 0 bridgehead atoms. The lowest BCUT2D eigenvalue weighted by Gasteiger charge is -2.57. The molecule has 0 aromatic heterocycles. The number of aliphatic hydroxyl groups is 1. The summed E-state index contributed by atoms with van der Waals surface area (Å²) in [6, 6.07) is 0. The highest BCUT2D eigenvalue weighted by Gasteiger charge is 2.60. The van der Waals surface area contributed by atoms with Gasteiger partial charge in [0.15, 0.2) is 0 Å². The van der Waals surface area contributed by atoms with Gasteiger partial charge >= 0.3 is 0 Å². The van der Waals surface area contributed by atoms with Gasteiger partial charge < -0.3 is 5.11 Å². The predicted molar refractivity (Wildman–Crippen MR) is 149 cm³/mol. The summed E-state index contributed by atoms with van der Waals surface area (Å²) in [7, 11) is 0. The first-order chi connectivity index (χ1) is 16.8. The van der Waals surface area contributed by atoms with Crippen LogP contribution in [0.25, 0.3) is 0 Å². The molecular weight excluding hydrogens is 444 g/mol. The minimum atomic E-state index is -0.459. The van der Waals surface area contributed by atoms with Gasteiger partial charge in [-0.3, -0.25) is 9.80 Å². The third kappa shape index (κ3) is 4.88. The standard InChI is InChI=1S/C32H52N2O2/c1-9-19-33-34(10-2)30(5,6)21-29(3,4)28(35)27-14-13-26-25-12-11-22-20-31(7,36)17-15-23(22)24(25)16-18-32(26,27)8/h9-10,19,22-27,36H,1-2,11-18,20-21H2,3-8H3/b33-19-/t22-,23?,24?,25?,26?,27-,31-,32+/m1/s1. The first-order valence-electron chi connectivity index (χ1n) is 14.6. The van der Waals surface area contributed by atoms with Crippen molar-refractivity contribution in [2.24, 2.45) is 51.4 Å². The highest BCUT2D eigenvalue weighted by Crippen LogP contribution is 2.65. The molecule has 0 aliphatic heterocycles.